The zero-order valence-electron chi connectivity index (χ0n) is 17.2. The van der Waals surface area contributed by atoms with Crippen LogP contribution in [-0.4, -0.2) is 33.9 Å². The molecule has 0 aliphatic carbocycles. The number of aryl methyl sites for hydroxylation is 1. The molecule has 2 aromatic rings. The molecular formula is C22H31N5O. The molecule has 6 nitrogen and oxygen atoms in total. The van der Waals surface area contributed by atoms with Crippen LogP contribution in [0.25, 0.3) is 17.0 Å². The minimum atomic E-state index is -0.106. The van der Waals surface area contributed by atoms with Crippen molar-refractivity contribution in [3.05, 3.63) is 54.3 Å². The number of nitrogens with zero attached hydrogens (tertiary/aromatic N) is 2. The number of hydrogen-bond acceptors (Lipinski definition) is 4. The van der Waals surface area contributed by atoms with Crippen LogP contribution < -0.4 is 10.6 Å². The smallest absolute Gasteiger partial charge is 0.244 e. The molecule has 0 aromatic carbocycles. The Morgan fingerprint density at radius 2 is 2.18 bits per heavy atom. The minimum absolute atomic E-state index is 0.106. The number of rotatable bonds is 10. The van der Waals surface area contributed by atoms with Gasteiger partial charge in [-0.1, -0.05) is 26.2 Å². The van der Waals surface area contributed by atoms with E-state index in [0.717, 1.165) is 41.2 Å². The third kappa shape index (κ3) is 6.37. The predicted molar refractivity (Wildman–Crippen MR) is 114 cm³/mol. The second kappa shape index (κ2) is 11.1. The summed E-state index contributed by atoms with van der Waals surface area (Å²) in [6, 6.07) is 3.97. The molecular weight excluding hydrogens is 350 g/mol. The van der Waals surface area contributed by atoms with Gasteiger partial charge >= 0.3 is 0 Å². The lowest BCUT2D eigenvalue weighted by atomic mass is 10.1. The third-order valence-electron chi connectivity index (χ3n) is 4.44. The van der Waals surface area contributed by atoms with Crippen molar-refractivity contribution in [2.45, 2.75) is 52.5 Å². The molecule has 0 radical (unpaired) electrons. The van der Waals surface area contributed by atoms with Gasteiger partial charge in [0.15, 0.2) is 0 Å². The monoisotopic (exact) mass is 381 g/mol. The number of hydrogen-bond donors (Lipinski definition) is 3. The summed E-state index contributed by atoms with van der Waals surface area (Å²) in [7, 11) is 1.82. The summed E-state index contributed by atoms with van der Waals surface area (Å²) in [6.07, 6.45) is 13.2. The number of aromatic nitrogens is 3. The molecule has 1 unspecified atom stereocenters. The first-order valence-electron chi connectivity index (χ1n) is 9.88. The van der Waals surface area contributed by atoms with Gasteiger partial charge in [0.25, 0.3) is 0 Å². The zero-order valence-corrected chi connectivity index (χ0v) is 17.2. The number of H-pyrrole nitrogens is 1. The van der Waals surface area contributed by atoms with Crippen LogP contribution in [0.4, 0.5) is 0 Å². The maximum atomic E-state index is 12.5. The highest BCUT2D eigenvalue weighted by Crippen LogP contribution is 2.23. The number of amides is 1. The number of carbonyl (C=O) groups excluding carboxylic acids is 1. The Balaban J connectivity index is 2.21. The van der Waals surface area contributed by atoms with E-state index in [0.29, 0.717) is 0 Å². The van der Waals surface area contributed by atoms with Crippen molar-refractivity contribution in [3.63, 3.8) is 0 Å². The fourth-order valence-corrected chi connectivity index (χ4v) is 2.95. The van der Waals surface area contributed by atoms with Gasteiger partial charge in [0, 0.05) is 48.4 Å². The SMILES string of the molecule is CCCCCC(C)NC(=O)/C=C(\C=C/NC)c1nc(-c2cccnc2)[nH]c1C. The average Bonchev–Trinajstić information content (AvgIpc) is 3.07. The molecule has 0 fully saturated rings. The molecule has 0 saturated heterocycles. The van der Waals surface area contributed by atoms with E-state index in [1.807, 2.05) is 39.1 Å². The van der Waals surface area contributed by atoms with Crippen LogP contribution >= 0.6 is 0 Å². The van der Waals surface area contributed by atoms with Crippen LogP contribution in [0, 0.1) is 6.92 Å². The molecule has 6 heteroatoms. The topological polar surface area (TPSA) is 82.7 Å². The zero-order chi connectivity index (χ0) is 20.4. The minimum Gasteiger partial charge on any atom is -0.394 e. The first-order chi connectivity index (χ1) is 13.5. The van der Waals surface area contributed by atoms with E-state index in [-0.39, 0.29) is 11.9 Å². The summed E-state index contributed by atoms with van der Waals surface area (Å²) in [6.45, 7) is 6.18. The lowest BCUT2D eigenvalue weighted by Gasteiger charge is -2.12. The first kappa shape index (κ1) is 21.4. The van der Waals surface area contributed by atoms with Gasteiger partial charge in [0.2, 0.25) is 5.91 Å². The van der Waals surface area contributed by atoms with Gasteiger partial charge in [-0.3, -0.25) is 9.78 Å². The van der Waals surface area contributed by atoms with E-state index in [2.05, 4.69) is 27.5 Å². The van der Waals surface area contributed by atoms with Crippen molar-refractivity contribution in [1.29, 1.82) is 0 Å². The maximum absolute atomic E-state index is 12.5. The molecule has 0 aliphatic rings. The van der Waals surface area contributed by atoms with Crippen molar-refractivity contribution in [3.8, 4) is 11.4 Å². The second-order valence-electron chi connectivity index (χ2n) is 6.93. The van der Waals surface area contributed by atoms with E-state index in [4.69, 9.17) is 4.98 Å². The van der Waals surface area contributed by atoms with Crippen LogP contribution in [0.1, 0.15) is 50.9 Å². The maximum Gasteiger partial charge on any atom is 0.244 e. The van der Waals surface area contributed by atoms with Crippen LogP contribution in [-0.2, 0) is 4.79 Å². The Morgan fingerprint density at radius 1 is 1.36 bits per heavy atom. The summed E-state index contributed by atoms with van der Waals surface area (Å²) in [4.78, 5) is 24.7. The summed E-state index contributed by atoms with van der Waals surface area (Å²) in [5.41, 5.74) is 3.30. The van der Waals surface area contributed by atoms with Crippen molar-refractivity contribution < 1.29 is 4.79 Å². The molecule has 0 bridgehead atoms. The molecule has 2 rings (SSSR count). The predicted octanol–water partition coefficient (Wildman–Crippen LogP) is 3.98. The van der Waals surface area contributed by atoms with Crippen LogP contribution in [0.15, 0.2) is 42.9 Å². The number of unbranched alkanes of at least 4 members (excludes halogenated alkanes) is 2. The largest absolute Gasteiger partial charge is 0.394 e. The highest BCUT2D eigenvalue weighted by atomic mass is 16.1. The summed E-state index contributed by atoms with van der Waals surface area (Å²) in [5, 5.41) is 6.03. The average molecular weight is 382 g/mol. The number of pyridine rings is 1. The number of carbonyl (C=O) groups is 1. The van der Waals surface area contributed by atoms with Crippen molar-refractivity contribution in [2.24, 2.45) is 0 Å². The van der Waals surface area contributed by atoms with Crippen LogP contribution in [0.2, 0.25) is 0 Å². The summed E-state index contributed by atoms with van der Waals surface area (Å²) < 4.78 is 0. The Kier molecular flexibility index (Phi) is 8.46. The summed E-state index contributed by atoms with van der Waals surface area (Å²) in [5.74, 6) is 0.628. The van der Waals surface area contributed by atoms with Crippen molar-refractivity contribution >= 4 is 11.5 Å². The Hall–Kier alpha value is -2.89. The first-order valence-corrected chi connectivity index (χ1v) is 9.88. The molecule has 1 atom stereocenters. The molecule has 2 heterocycles. The molecule has 3 N–H and O–H groups in total. The fraction of sp³-hybridized carbons (Fsp3) is 0.409. The standard InChI is InChI=1S/C22H31N5O/c1-5-6-7-9-16(2)25-20(28)14-18(11-13-23-4)21-17(3)26-22(27-21)19-10-8-12-24-15-19/h8,10-16,23H,5-7,9H2,1-4H3,(H,25,28)(H,26,27)/b13-11-,18-14+. The lowest BCUT2D eigenvalue weighted by Crippen LogP contribution is -2.31. The highest BCUT2D eigenvalue weighted by Gasteiger charge is 2.13. The van der Waals surface area contributed by atoms with E-state index >= 15 is 0 Å². The number of aromatic amines is 1. The fourth-order valence-electron chi connectivity index (χ4n) is 2.95. The van der Waals surface area contributed by atoms with Gasteiger partial charge in [-0.25, -0.2) is 4.98 Å². The number of imidazole rings is 1. The Bertz CT molecular complexity index is 808. The number of nitrogens with one attached hydrogen (secondary N) is 3. The lowest BCUT2D eigenvalue weighted by molar-refractivity contribution is -0.117. The normalized spacial score (nSPS) is 12.9. The summed E-state index contributed by atoms with van der Waals surface area (Å²) >= 11 is 0. The second-order valence-corrected chi connectivity index (χ2v) is 6.93. The van der Waals surface area contributed by atoms with Crippen LogP contribution in [0.5, 0.6) is 0 Å². The van der Waals surface area contributed by atoms with Gasteiger partial charge < -0.3 is 15.6 Å². The van der Waals surface area contributed by atoms with Crippen molar-refractivity contribution in [2.75, 3.05) is 7.05 Å². The van der Waals surface area contributed by atoms with Gasteiger partial charge in [0.1, 0.15) is 5.82 Å². The molecule has 2 aromatic heterocycles. The van der Waals surface area contributed by atoms with Crippen molar-refractivity contribution in [1.82, 2.24) is 25.6 Å². The van der Waals surface area contributed by atoms with E-state index < -0.39 is 0 Å². The van der Waals surface area contributed by atoms with Gasteiger partial charge in [-0.15, -0.1) is 0 Å². The highest BCUT2D eigenvalue weighted by molar-refractivity contribution is 5.97. The Labute approximate surface area is 167 Å². The van der Waals surface area contributed by atoms with Gasteiger partial charge in [0.05, 0.1) is 5.69 Å². The van der Waals surface area contributed by atoms with Crippen LogP contribution in [0.3, 0.4) is 0 Å². The number of allylic oxidation sites excluding steroid dienone is 2. The quantitative estimate of drug-likeness (QED) is 0.330. The van der Waals surface area contributed by atoms with Gasteiger partial charge in [-0.2, -0.15) is 0 Å². The molecule has 150 valence electrons. The van der Waals surface area contributed by atoms with E-state index in [1.165, 1.54) is 12.8 Å². The third-order valence-corrected chi connectivity index (χ3v) is 4.44. The Morgan fingerprint density at radius 3 is 2.86 bits per heavy atom. The van der Waals surface area contributed by atoms with Gasteiger partial charge in [-0.05, 0) is 44.7 Å². The molecule has 0 aliphatic heterocycles. The molecule has 0 spiro atoms. The molecule has 28 heavy (non-hydrogen) atoms. The molecule has 0 saturated carbocycles. The van der Waals surface area contributed by atoms with E-state index in [9.17, 15) is 4.79 Å². The molecule has 1 amide bonds. The van der Waals surface area contributed by atoms with E-state index in [1.54, 1.807) is 24.7 Å².